The predicted molar refractivity (Wildman–Crippen MR) is 86.6 cm³/mol. The van der Waals surface area contributed by atoms with Gasteiger partial charge in [-0.2, -0.15) is 0 Å². The highest BCUT2D eigenvalue weighted by atomic mass is 16.5. The number of nitrogens with one attached hydrogen (secondary N) is 2. The van der Waals surface area contributed by atoms with E-state index in [1.54, 1.807) is 7.11 Å². The Balaban J connectivity index is 2.34. The van der Waals surface area contributed by atoms with Crippen LogP contribution in [-0.4, -0.2) is 36.3 Å². The van der Waals surface area contributed by atoms with Crippen molar-refractivity contribution in [2.75, 3.05) is 31.4 Å². The molecule has 5 nitrogen and oxygen atoms in total. The third kappa shape index (κ3) is 4.16. The second-order valence-electron chi connectivity index (χ2n) is 5.52. The highest BCUT2D eigenvalue weighted by molar-refractivity contribution is 5.61. The Bertz CT molecular complexity index is 584. The van der Waals surface area contributed by atoms with Gasteiger partial charge in [0.05, 0.1) is 12.1 Å². The van der Waals surface area contributed by atoms with E-state index >= 15 is 0 Å². The standard InChI is InChI=1S/C16H22N4O/c1-16(2,11-21-4)20-14-10-13(17-3)18-15(19-14)12-8-6-5-7-9-12/h5-10H,11H2,1-4H3,(H2,17,18,19,20). The molecule has 0 aliphatic rings. The summed E-state index contributed by atoms with van der Waals surface area (Å²) < 4.78 is 5.23. The quantitative estimate of drug-likeness (QED) is 0.855. The summed E-state index contributed by atoms with van der Waals surface area (Å²) >= 11 is 0. The topological polar surface area (TPSA) is 59.1 Å². The van der Waals surface area contributed by atoms with Crippen molar-refractivity contribution in [1.82, 2.24) is 9.97 Å². The minimum atomic E-state index is -0.206. The van der Waals surface area contributed by atoms with E-state index in [1.807, 2.05) is 43.4 Å². The van der Waals surface area contributed by atoms with Gasteiger partial charge in [-0.1, -0.05) is 30.3 Å². The zero-order valence-electron chi connectivity index (χ0n) is 13.0. The van der Waals surface area contributed by atoms with Gasteiger partial charge in [0.25, 0.3) is 0 Å². The number of nitrogens with zero attached hydrogens (tertiary/aromatic N) is 2. The first-order chi connectivity index (χ1) is 10.0. The second kappa shape index (κ2) is 6.54. The van der Waals surface area contributed by atoms with Crippen molar-refractivity contribution < 1.29 is 4.74 Å². The smallest absolute Gasteiger partial charge is 0.163 e. The number of hydrogen-bond acceptors (Lipinski definition) is 5. The van der Waals surface area contributed by atoms with Gasteiger partial charge in [0.15, 0.2) is 5.82 Å². The van der Waals surface area contributed by atoms with Gasteiger partial charge in [0, 0.05) is 25.8 Å². The Kier molecular flexibility index (Phi) is 4.75. The van der Waals surface area contributed by atoms with E-state index in [2.05, 4.69) is 34.4 Å². The van der Waals surface area contributed by atoms with E-state index in [-0.39, 0.29) is 5.54 Å². The first-order valence-corrected chi connectivity index (χ1v) is 6.93. The minimum absolute atomic E-state index is 0.206. The lowest BCUT2D eigenvalue weighted by molar-refractivity contribution is 0.158. The van der Waals surface area contributed by atoms with E-state index in [0.29, 0.717) is 12.4 Å². The van der Waals surface area contributed by atoms with Crippen molar-refractivity contribution in [2.24, 2.45) is 0 Å². The van der Waals surface area contributed by atoms with Crippen molar-refractivity contribution in [3.63, 3.8) is 0 Å². The van der Waals surface area contributed by atoms with Crippen molar-refractivity contribution >= 4 is 11.6 Å². The number of anilines is 2. The Morgan fingerprint density at radius 1 is 1.10 bits per heavy atom. The fourth-order valence-electron chi connectivity index (χ4n) is 2.10. The molecule has 1 heterocycles. The third-order valence-electron chi connectivity index (χ3n) is 2.99. The number of hydrogen-bond donors (Lipinski definition) is 2. The molecule has 0 bridgehead atoms. The van der Waals surface area contributed by atoms with Crippen LogP contribution in [0.3, 0.4) is 0 Å². The lowest BCUT2D eigenvalue weighted by Gasteiger charge is -2.26. The maximum absolute atomic E-state index is 5.23. The summed E-state index contributed by atoms with van der Waals surface area (Å²) in [7, 11) is 3.54. The molecule has 21 heavy (non-hydrogen) atoms. The normalized spacial score (nSPS) is 11.2. The maximum atomic E-state index is 5.23. The van der Waals surface area contributed by atoms with E-state index in [0.717, 1.165) is 17.2 Å². The van der Waals surface area contributed by atoms with Crippen LogP contribution in [0.25, 0.3) is 11.4 Å². The summed E-state index contributed by atoms with van der Waals surface area (Å²) in [6.07, 6.45) is 0. The molecule has 0 spiro atoms. The maximum Gasteiger partial charge on any atom is 0.163 e. The molecule has 2 rings (SSSR count). The molecule has 0 amide bonds. The first-order valence-electron chi connectivity index (χ1n) is 6.93. The van der Waals surface area contributed by atoms with Crippen LogP contribution in [0.4, 0.5) is 11.6 Å². The van der Waals surface area contributed by atoms with Crippen LogP contribution in [0.15, 0.2) is 36.4 Å². The molecule has 2 aromatic rings. The van der Waals surface area contributed by atoms with Gasteiger partial charge in [0.1, 0.15) is 11.6 Å². The summed E-state index contributed by atoms with van der Waals surface area (Å²) in [5.41, 5.74) is 0.782. The number of ether oxygens (including phenoxy) is 1. The van der Waals surface area contributed by atoms with Gasteiger partial charge in [0.2, 0.25) is 0 Å². The predicted octanol–water partition coefficient (Wildman–Crippen LogP) is 3.02. The number of benzene rings is 1. The van der Waals surface area contributed by atoms with E-state index in [1.165, 1.54) is 0 Å². The van der Waals surface area contributed by atoms with Crippen LogP contribution in [-0.2, 0) is 4.74 Å². The van der Waals surface area contributed by atoms with Crippen LogP contribution in [0.1, 0.15) is 13.8 Å². The molecular weight excluding hydrogens is 264 g/mol. The molecule has 0 unspecified atom stereocenters. The van der Waals surface area contributed by atoms with Crippen molar-refractivity contribution in [3.05, 3.63) is 36.4 Å². The Hall–Kier alpha value is -2.14. The van der Waals surface area contributed by atoms with E-state index in [4.69, 9.17) is 4.74 Å². The molecule has 0 fully saturated rings. The minimum Gasteiger partial charge on any atom is -0.382 e. The lowest BCUT2D eigenvalue weighted by Crippen LogP contribution is -2.36. The summed E-state index contributed by atoms with van der Waals surface area (Å²) in [5.74, 6) is 2.24. The Morgan fingerprint density at radius 2 is 1.76 bits per heavy atom. The molecule has 0 aliphatic carbocycles. The SMILES string of the molecule is CNc1cc(NC(C)(C)COC)nc(-c2ccccc2)n1. The van der Waals surface area contributed by atoms with E-state index in [9.17, 15) is 0 Å². The zero-order valence-corrected chi connectivity index (χ0v) is 13.0. The average Bonchev–Trinajstić information content (AvgIpc) is 2.47. The fraction of sp³-hybridized carbons (Fsp3) is 0.375. The number of methoxy groups -OCH3 is 1. The summed E-state index contributed by atoms with van der Waals surface area (Å²) in [6.45, 7) is 4.73. The number of aromatic nitrogens is 2. The molecule has 1 aromatic carbocycles. The van der Waals surface area contributed by atoms with Crippen molar-refractivity contribution in [1.29, 1.82) is 0 Å². The fourth-order valence-corrected chi connectivity index (χ4v) is 2.10. The number of rotatable bonds is 6. The zero-order chi connectivity index (χ0) is 15.3. The second-order valence-corrected chi connectivity index (χ2v) is 5.52. The van der Waals surface area contributed by atoms with E-state index < -0.39 is 0 Å². The molecule has 112 valence electrons. The lowest BCUT2D eigenvalue weighted by atomic mass is 10.1. The summed E-state index contributed by atoms with van der Waals surface area (Å²) in [4.78, 5) is 9.11. The van der Waals surface area contributed by atoms with Crippen LogP contribution < -0.4 is 10.6 Å². The molecule has 0 saturated carbocycles. The molecule has 0 aliphatic heterocycles. The molecule has 5 heteroatoms. The van der Waals surface area contributed by atoms with Crippen LogP contribution in [0.2, 0.25) is 0 Å². The highest BCUT2D eigenvalue weighted by Crippen LogP contribution is 2.22. The summed E-state index contributed by atoms with van der Waals surface area (Å²) in [6, 6.07) is 11.8. The van der Waals surface area contributed by atoms with Gasteiger partial charge in [-0.25, -0.2) is 9.97 Å². The molecule has 2 N–H and O–H groups in total. The van der Waals surface area contributed by atoms with Gasteiger partial charge in [-0.15, -0.1) is 0 Å². The molecule has 0 atom stereocenters. The van der Waals surface area contributed by atoms with Crippen LogP contribution in [0.5, 0.6) is 0 Å². The van der Waals surface area contributed by atoms with Gasteiger partial charge >= 0.3 is 0 Å². The largest absolute Gasteiger partial charge is 0.382 e. The van der Waals surface area contributed by atoms with Gasteiger partial charge in [-0.05, 0) is 13.8 Å². The van der Waals surface area contributed by atoms with Crippen LogP contribution >= 0.6 is 0 Å². The third-order valence-corrected chi connectivity index (χ3v) is 2.99. The first kappa shape index (κ1) is 15.3. The molecule has 1 aromatic heterocycles. The molecular formula is C16H22N4O. The Labute approximate surface area is 125 Å². The van der Waals surface area contributed by atoms with Crippen molar-refractivity contribution in [2.45, 2.75) is 19.4 Å². The molecule has 0 radical (unpaired) electrons. The monoisotopic (exact) mass is 286 g/mol. The highest BCUT2D eigenvalue weighted by Gasteiger charge is 2.18. The van der Waals surface area contributed by atoms with Crippen molar-refractivity contribution in [3.8, 4) is 11.4 Å². The average molecular weight is 286 g/mol. The van der Waals surface area contributed by atoms with Crippen LogP contribution in [0, 0.1) is 0 Å². The Morgan fingerprint density at radius 3 is 2.38 bits per heavy atom. The van der Waals surface area contributed by atoms with Gasteiger partial charge < -0.3 is 15.4 Å². The molecule has 0 saturated heterocycles. The van der Waals surface area contributed by atoms with Gasteiger partial charge in [-0.3, -0.25) is 0 Å². The summed E-state index contributed by atoms with van der Waals surface area (Å²) in [5, 5.41) is 6.46.